The number of hydrogen-bond acceptors (Lipinski definition) is 6. The minimum absolute atomic E-state index is 0.0551. The summed E-state index contributed by atoms with van der Waals surface area (Å²) in [6.07, 6.45) is 50.0. The number of ether oxygens (including phenoxy) is 3. The predicted molar refractivity (Wildman–Crippen MR) is 248 cm³/mol. The molecule has 0 aliphatic carbocycles. The Balaban J connectivity index is 4.28. The average Bonchev–Trinajstić information content (AvgIpc) is 3.19. The number of allylic oxidation sites excluding steroid dienone is 8. The zero-order chi connectivity index (χ0) is 43.5. The Morgan fingerprint density at radius 2 is 0.881 bits per heavy atom. The van der Waals surface area contributed by atoms with Crippen molar-refractivity contribution in [3.63, 3.8) is 0 Å². The lowest BCUT2D eigenvalue weighted by molar-refractivity contribution is -0.887. The van der Waals surface area contributed by atoms with Crippen LogP contribution in [-0.2, 0) is 28.6 Å². The fraction of sp³-hybridized carbons (Fsp3) is 0.784. The summed E-state index contributed by atoms with van der Waals surface area (Å²) in [5.41, 5.74) is 0. The molecule has 0 aromatic heterocycles. The molecule has 8 nitrogen and oxygen atoms in total. The van der Waals surface area contributed by atoms with Gasteiger partial charge in [-0.3, -0.25) is 9.59 Å². The van der Waals surface area contributed by atoms with Crippen LogP contribution >= 0.6 is 0 Å². The molecule has 0 amide bonds. The number of aliphatic carboxylic acids is 1. The van der Waals surface area contributed by atoms with Crippen LogP contribution in [0.2, 0.25) is 0 Å². The second-order valence-corrected chi connectivity index (χ2v) is 17.4. The van der Waals surface area contributed by atoms with Crippen molar-refractivity contribution >= 4 is 17.9 Å². The normalized spacial score (nSPS) is 13.3. The summed E-state index contributed by atoms with van der Waals surface area (Å²) < 4.78 is 17.3. The van der Waals surface area contributed by atoms with E-state index in [2.05, 4.69) is 62.5 Å². The molecule has 8 heteroatoms. The van der Waals surface area contributed by atoms with Gasteiger partial charge in [-0.25, -0.2) is 4.79 Å². The van der Waals surface area contributed by atoms with Gasteiger partial charge in [0.2, 0.25) is 0 Å². The van der Waals surface area contributed by atoms with Crippen molar-refractivity contribution in [2.75, 3.05) is 41.0 Å². The van der Waals surface area contributed by atoms with E-state index in [-0.39, 0.29) is 36.2 Å². The third-order valence-electron chi connectivity index (χ3n) is 10.8. The quantitative estimate of drug-likeness (QED) is 0.0283. The number of likely N-dealkylation sites (N-methyl/N-ethyl adjacent to an activating group) is 1. The summed E-state index contributed by atoms with van der Waals surface area (Å²) in [6.45, 7) is 4.68. The molecule has 0 aromatic carbocycles. The van der Waals surface area contributed by atoms with Gasteiger partial charge < -0.3 is 23.8 Å². The Bertz CT molecular complexity index is 1110. The largest absolute Gasteiger partial charge is 0.477 e. The molecule has 2 atom stereocenters. The number of hydrogen-bond donors (Lipinski definition) is 1. The van der Waals surface area contributed by atoms with Gasteiger partial charge in [-0.2, -0.15) is 0 Å². The first-order valence-electron chi connectivity index (χ1n) is 24.2. The molecule has 0 spiro atoms. The smallest absolute Gasteiger partial charge is 0.362 e. The Kier molecular flexibility index (Phi) is 40.1. The SMILES string of the molecule is CCCCC/C=C/C=C/CCCCCCCCC(=O)OC(COCCC(C(=O)O)[N+](C)(C)C)COC(=O)CCCCCCCCCCCC/C=C/C=C/CCCCCC. The third kappa shape index (κ3) is 40.5. The van der Waals surface area contributed by atoms with Gasteiger partial charge in [0.25, 0.3) is 0 Å². The fourth-order valence-corrected chi connectivity index (χ4v) is 6.96. The summed E-state index contributed by atoms with van der Waals surface area (Å²) in [6, 6.07) is -0.618. The van der Waals surface area contributed by atoms with E-state index >= 15 is 0 Å². The summed E-state index contributed by atoms with van der Waals surface area (Å²) in [4.78, 5) is 37.1. The van der Waals surface area contributed by atoms with Crippen LogP contribution in [-0.4, -0.2) is 80.6 Å². The van der Waals surface area contributed by atoms with Crippen LogP contribution < -0.4 is 0 Å². The monoisotopic (exact) mass is 831 g/mol. The van der Waals surface area contributed by atoms with E-state index in [0.717, 1.165) is 57.8 Å². The second kappa shape index (κ2) is 42.0. The van der Waals surface area contributed by atoms with E-state index in [1.165, 1.54) is 116 Å². The van der Waals surface area contributed by atoms with Crippen molar-refractivity contribution in [3.8, 4) is 0 Å². The van der Waals surface area contributed by atoms with Crippen LogP contribution in [0.25, 0.3) is 0 Å². The molecule has 0 rings (SSSR count). The van der Waals surface area contributed by atoms with Crippen molar-refractivity contribution in [1.29, 1.82) is 0 Å². The number of carboxylic acids is 1. The van der Waals surface area contributed by atoms with E-state index in [1.807, 2.05) is 21.1 Å². The molecule has 342 valence electrons. The molecule has 0 radical (unpaired) electrons. The van der Waals surface area contributed by atoms with Crippen molar-refractivity contribution < 1.29 is 38.2 Å². The molecule has 1 N–H and O–H groups in total. The minimum atomic E-state index is -0.878. The molecular weight excluding hydrogens is 739 g/mol. The van der Waals surface area contributed by atoms with Gasteiger partial charge in [-0.05, 0) is 64.2 Å². The molecule has 0 saturated carbocycles. The number of carbonyl (C=O) groups excluding carboxylic acids is 2. The number of rotatable bonds is 43. The number of unbranched alkanes of at least 4 members (excludes halogenated alkanes) is 23. The van der Waals surface area contributed by atoms with E-state index < -0.39 is 18.1 Å². The Morgan fingerprint density at radius 3 is 1.31 bits per heavy atom. The molecule has 0 fully saturated rings. The molecule has 2 unspecified atom stereocenters. The fourth-order valence-electron chi connectivity index (χ4n) is 6.96. The summed E-state index contributed by atoms with van der Waals surface area (Å²) in [7, 11) is 5.53. The van der Waals surface area contributed by atoms with Gasteiger partial charge in [-0.15, -0.1) is 0 Å². The first kappa shape index (κ1) is 56.3. The maximum Gasteiger partial charge on any atom is 0.362 e. The lowest BCUT2D eigenvalue weighted by atomic mass is 10.1. The topological polar surface area (TPSA) is 99.1 Å². The Morgan fingerprint density at radius 1 is 0.508 bits per heavy atom. The number of carboxylic acid groups (broad SMARTS) is 1. The summed E-state index contributed by atoms with van der Waals surface area (Å²) >= 11 is 0. The van der Waals surface area contributed by atoms with Gasteiger partial charge in [0.15, 0.2) is 12.1 Å². The summed E-state index contributed by atoms with van der Waals surface area (Å²) in [5, 5.41) is 9.64. The van der Waals surface area contributed by atoms with Gasteiger partial charge in [-0.1, -0.05) is 172 Å². The standard InChI is InChI=1S/C51H91NO7/c1-6-8-10-12-14-16-18-20-22-23-24-25-26-28-29-31-33-35-37-39-41-49(53)58-46-47(45-57-44-43-48(51(55)56)52(3,4)5)59-50(54)42-40-38-36-34-32-30-27-21-19-17-15-13-11-9-7-2/h15-22,47-48H,6-14,23-46H2,1-5H3/p+1/b17-15+,18-16+,21-19+,22-20+. The molecule has 59 heavy (non-hydrogen) atoms. The van der Waals surface area contributed by atoms with E-state index in [0.29, 0.717) is 19.3 Å². The van der Waals surface area contributed by atoms with Crippen LogP contribution in [0.15, 0.2) is 48.6 Å². The van der Waals surface area contributed by atoms with Gasteiger partial charge in [0, 0.05) is 19.3 Å². The van der Waals surface area contributed by atoms with Crippen LogP contribution in [0.4, 0.5) is 0 Å². The van der Waals surface area contributed by atoms with E-state index in [1.54, 1.807) is 0 Å². The highest BCUT2D eigenvalue weighted by atomic mass is 16.6. The van der Waals surface area contributed by atoms with Crippen LogP contribution in [0.3, 0.4) is 0 Å². The van der Waals surface area contributed by atoms with Crippen molar-refractivity contribution in [3.05, 3.63) is 48.6 Å². The predicted octanol–water partition coefficient (Wildman–Crippen LogP) is 13.6. The molecule has 0 aliphatic rings. The molecule has 0 heterocycles. The van der Waals surface area contributed by atoms with Crippen LogP contribution in [0.1, 0.15) is 206 Å². The second-order valence-electron chi connectivity index (χ2n) is 17.4. The first-order chi connectivity index (χ1) is 28.6. The van der Waals surface area contributed by atoms with Crippen LogP contribution in [0, 0.1) is 0 Å². The molecule has 0 saturated heterocycles. The third-order valence-corrected chi connectivity index (χ3v) is 10.8. The zero-order valence-electron chi connectivity index (χ0n) is 39.0. The Hall–Kier alpha value is -2.71. The lowest BCUT2D eigenvalue weighted by Gasteiger charge is -2.31. The minimum Gasteiger partial charge on any atom is -0.477 e. The number of nitrogens with zero attached hydrogens (tertiary/aromatic N) is 1. The highest BCUT2D eigenvalue weighted by Gasteiger charge is 2.31. The number of quaternary nitrogens is 1. The first-order valence-corrected chi connectivity index (χ1v) is 24.2. The molecule has 0 bridgehead atoms. The maximum atomic E-state index is 12.7. The zero-order valence-corrected chi connectivity index (χ0v) is 39.0. The molecule has 0 aromatic rings. The van der Waals surface area contributed by atoms with E-state index in [4.69, 9.17) is 14.2 Å². The van der Waals surface area contributed by atoms with Crippen molar-refractivity contribution in [2.45, 2.75) is 219 Å². The van der Waals surface area contributed by atoms with Crippen molar-refractivity contribution in [2.24, 2.45) is 0 Å². The van der Waals surface area contributed by atoms with Crippen LogP contribution in [0.5, 0.6) is 0 Å². The van der Waals surface area contributed by atoms with Crippen molar-refractivity contribution in [1.82, 2.24) is 0 Å². The lowest BCUT2D eigenvalue weighted by Crippen LogP contribution is -2.50. The highest BCUT2D eigenvalue weighted by molar-refractivity contribution is 5.72. The maximum absolute atomic E-state index is 12.7. The van der Waals surface area contributed by atoms with Gasteiger partial charge >= 0.3 is 17.9 Å². The van der Waals surface area contributed by atoms with Gasteiger partial charge in [0.1, 0.15) is 6.61 Å². The van der Waals surface area contributed by atoms with E-state index in [9.17, 15) is 19.5 Å². The number of esters is 2. The average molecular weight is 831 g/mol. The highest BCUT2D eigenvalue weighted by Crippen LogP contribution is 2.15. The van der Waals surface area contributed by atoms with Gasteiger partial charge in [0.05, 0.1) is 34.4 Å². The molecular formula is C51H92NO7+. The number of carbonyl (C=O) groups is 3. The summed E-state index contributed by atoms with van der Waals surface area (Å²) in [5.74, 6) is -1.48. The Labute approximate surface area is 363 Å². The molecule has 0 aliphatic heterocycles.